The molecule has 1 rings (SSSR count). The van der Waals surface area contributed by atoms with E-state index in [0.717, 1.165) is 5.56 Å². The molecule has 0 bridgehead atoms. The number of carbonyl (C=O) groups excluding carboxylic acids is 1. The van der Waals surface area contributed by atoms with Crippen LogP contribution >= 0.6 is 0 Å². The first kappa shape index (κ1) is 13.6. The monoisotopic (exact) mass is 242 g/mol. The van der Waals surface area contributed by atoms with Crippen molar-refractivity contribution in [1.29, 1.82) is 5.26 Å². The molecule has 0 aliphatic rings. The average molecular weight is 242 g/mol. The van der Waals surface area contributed by atoms with E-state index in [4.69, 9.17) is 10.00 Å². The second-order valence-corrected chi connectivity index (χ2v) is 3.46. The zero-order valence-corrected chi connectivity index (χ0v) is 10.2. The summed E-state index contributed by atoms with van der Waals surface area (Å²) in [6.45, 7) is 2.40. The molecule has 18 heavy (non-hydrogen) atoms. The van der Waals surface area contributed by atoms with Crippen LogP contribution in [0.15, 0.2) is 24.3 Å². The molecule has 1 N–H and O–H groups in total. The maximum atomic E-state index is 11.0. The molecule has 0 heterocycles. The Morgan fingerprint density at radius 2 is 2.11 bits per heavy atom. The van der Waals surface area contributed by atoms with Gasteiger partial charge in [0.25, 0.3) is 5.91 Å². The first-order chi connectivity index (χ1) is 8.76. The zero-order valence-electron chi connectivity index (χ0n) is 10.2. The number of benzene rings is 1. The van der Waals surface area contributed by atoms with Crippen LogP contribution in [-0.2, 0) is 11.2 Å². The predicted molar refractivity (Wildman–Crippen MR) is 67.7 cm³/mol. The molecule has 0 aromatic heterocycles. The van der Waals surface area contributed by atoms with Gasteiger partial charge in [0.1, 0.15) is 12.4 Å². The van der Waals surface area contributed by atoms with Gasteiger partial charge < -0.3 is 10.1 Å². The van der Waals surface area contributed by atoms with E-state index in [9.17, 15) is 4.79 Å². The van der Waals surface area contributed by atoms with Crippen LogP contribution in [-0.4, -0.2) is 19.1 Å². The van der Waals surface area contributed by atoms with Crippen LogP contribution in [0, 0.1) is 23.2 Å². The van der Waals surface area contributed by atoms with Gasteiger partial charge in [0.05, 0.1) is 19.0 Å². The standard InChI is InChI=1S/C14H14N2O2/c1-2-3-14(17)16-10-11-18-13-6-4-12(5-7-13)8-9-15/h4-7H,8,10-11H2,1H3,(H,16,17). The minimum atomic E-state index is -0.300. The van der Waals surface area contributed by atoms with E-state index in [2.05, 4.69) is 23.2 Å². The summed E-state index contributed by atoms with van der Waals surface area (Å²) in [4.78, 5) is 11.0. The second kappa shape index (κ2) is 7.76. The Bertz CT molecular complexity index is 489. The number of hydrogen-bond donors (Lipinski definition) is 1. The summed E-state index contributed by atoms with van der Waals surface area (Å²) in [5.41, 5.74) is 0.955. The highest BCUT2D eigenvalue weighted by atomic mass is 16.5. The molecular weight excluding hydrogens is 228 g/mol. The van der Waals surface area contributed by atoms with Gasteiger partial charge in [-0.1, -0.05) is 18.1 Å². The summed E-state index contributed by atoms with van der Waals surface area (Å²) in [5, 5.41) is 11.1. The summed E-state index contributed by atoms with van der Waals surface area (Å²) in [6.07, 6.45) is 0.395. The SMILES string of the molecule is CC#CC(=O)NCCOc1ccc(CC#N)cc1. The van der Waals surface area contributed by atoms with E-state index in [1.807, 2.05) is 12.1 Å². The molecule has 4 heteroatoms. The molecule has 1 aromatic carbocycles. The van der Waals surface area contributed by atoms with Gasteiger partial charge in [0.2, 0.25) is 0 Å². The normalized spacial score (nSPS) is 8.67. The predicted octanol–water partition coefficient (Wildman–Crippen LogP) is 1.27. The van der Waals surface area contributed by atoms with Crippen LogP contribution in [0.4, 0.5) is 0 Å². The van der Waals surface area contributed by atoms with Gasteiger partial charge in [-0.15, -0.1) is 0 Å². The highest BCUT2D eigenvalue weighted by molar-refractivity contribution is 5.93. The van der Waals surface area contributed by atoms with Crippen molar-refractivity contribution < 1.29 is 9.53 Å². The van der Waals surface area contributed by atoms with Gasteiger partial charge in [-0.3, -0.25) is 4.79 Å². The Labute approximate surface area is 107 Å². The zero-order chi connectivity index (χ0) is 13.2. The lowest BCUT2D eigenvalue weighted by Crippen LogP contribution is -2.26. The molecule has 4 nitrogen and oxygen atoms in total. The van der Waals surface area contributed by atoms with Crippen molar-refractivity contribution in [3.8, 4) is 23.7 Å². The minimum absolute atomic E-state index is 0.300. The number of carbonyl (C=O) groups is 1. The fourth-order valence-corrected chi connectivity index (χ4v) is 1.29. The molecule has 0 spiro atoms. The third kappa shape index (κ3) is 5.05. The molecule has 0 atom stereocenters. The maximum Gasteiger partial charge on any atom is 0.295 e. The topological polar surface area (TPSA) is 62.1 Å². The third-order valence-electron chi connectivity index (χ3n) is 2.10. The lowest BCUT2D eigenvalue weighted by molar-refractivity contribution is -0.115. The van der Waals surface area contributed by atoms with E-state index < -0.39 is 0 Å². The molecule has 0 fully saturated rings. The molecular formula is C14H14N2O2. The van der Waals surface area contributed by atoms with Crippen LogP contribution in [0.3, 0.4) is 0 Å². The Kier molecular flexibility index (Phi) is 5.86. The molecule has 0 saturated heterocycles. The maximum absolute atomic E-state index is 11.0. The van der Waals surface area contributed by atoms with E-state index in [-0.39, 0.29) is 5.91 Å². The van der Waals surface area contributed by atoms with E-state index in [1.54, 1.807) is 19.1 Å². The summed E-state index contributed by atoms with van der Waals surface area (Å²) in [7, 11) is 0. The average Bonchev–Trinajstić information content (AvgIpc) is 2.37. The molecule has 0 saturated carbocycles. The van der Waals surface area contributed by atoms with Crippen molar-refractivity contribution in [1.82, 2.24) is 5.32 Å². The molecule has 92 valence electrons. The number of rotatable bonds is 5. The number of nitrogens with zero attached hydrogens (tertiary/aromatic N) is 1. The fraction of sp³-hybridized carbons (Fsp3) is 0.286. The minimum Gasteiger partial charge on any atom is -0.492 e. The molecule has 0 aliphatic heterocycles. The van der Waals surface area contributed by atoms with Gasteiger partial charge >= 0.3 is 0 Å². The molecule has 1 amide bonds. The fourth-order valence-electron chi connectivity index (χ4n) is 1.29. The quantitative estimate of drug-likeness (QED) is 0.624. The summed E-state index contributed by atoms with van der Waals surface area (Å²) < 4.78 is 5.42. The number of amides is 1. The van der Waals surface area contributed by atoms with Crippen molar-refractivity contribution in [2.45, 2.75) is 13.3 Å². The Morgan fingerprint density at radius 3 is 2.72 bits per heavy atom. The van der Waals surface area contributed by atoms with Crippen LogP contribution in [0.2, 0.25) is 0 Å². The lowest BCUT2D eigenvalue weighted by Gasteiger charge is -2.06. The Hall–Kier alpha value is -2.46. The highest BCUT2D eigenvalue weighted by Crippen LogP contribution is 2.11. The summed E-state index contributed by atoms with van der Waals surface area (Å²) in [5.74, 6) is 5.31. The first-order valence-electron chi connectivity index (χ1n) is 5.55. The van der Waals surface area contributed by atoms with E-state index >= 15 is 0 Å². The number of hydrogen-bond acceptors (Lipinski definition) is 3. The van der Waals surface area contributed by atoms with Crippen molar-refractivity contribution in [3.63, 3.8) is 0 Å². The summed E-state index contributed by atoms with van der Waals surface area (Å²) >= 11 is 0. The van der Waals surface area contributed by atoms with Gasteiger partial charge in [0.15, 0.2) is 0 Å². The van der Waals surface area contributed by atoms with Crippen LogP contribution < -0.4 is 10.1 Å². The number of nitriles is 1. The van der Waals surface area contributed by atoms with Crippen LogP contribution in [0.1, 0.15) is 12.5 Å². The van der Waals surface area contributed by atoms with Crippen molar-refractivity contribution in [3.05, 3.63) is 29.8 Å². The van der Waals surface area contributed by atoms with Crippen LogP contribution in [0.5, 0.6) is 5.75 Å². The molecule has 0 radical (unpaired) electrons. The van der Waals surface area contributed by atoms with Crippen molar-refractivity contribution in [2.24, 2.45) is 0 Å². The van der Waals surface area contributed by atoms with E-state index in [1.165, 1.54) is 0 Å². The highest BCUT2D eigenvalue weighted by Gasteiger charge is 1.97. The third-order valence-corrected chi connectivity index (χ3v) is 2.10. The number of nitrogens with one attached hydrogen (secondary N) is 1. The molecule has 1 aromatic rings. The smallest absolute Gasteiger partial charge is 0.295 e. The Balaban J connectivity index is 2.29. The van der Waals surface area contributed by atoms with Gasteiger partial charge in [-0.25, -0.2) is 0 Å². The van der Waals surface area contributed by atoms with E-state index in [0.29, 0.717) is 25.3 Å². The summed E-state index contributed by atoms with van der Waals surface area (Å²) in [6, 6.07) is 9.38. The van der Waals surface area contributed by atoms with Crippen molar-refractivity contribution >= 4 is 5.91 Å². The largest absolute Gasteiger partial charge is 0.492 e. The van der Waals surface area contributed by atoms with Gasteiger partial charge in [0, 0.05) is 0 Å². The van der Waals surface area contributed by atoms with Gasteiger partial charge in [-0.05, 0) is 30.5 Å². The van der Waals surface area contributed by atoms with Crippen LogP contribution in [0.25, 0.3) is 0 Å². The van der Waals surface area contributed by atoms with Crippen molar-refractivity contribution in [2.75, 3.05) is 13.2 Å². The van der Waals surface area contributed by atoms with Gasteiger partial charge in [-0.2, -0.15) is 5.26 Å². The second-order valence-electron chi connectivity index (χ2n) is 3.46. The molecule has 0 aliphatic carbocycles. The number of ether oxygens (including phenoxy) is 1. The Morgan fingerprint density at radius 1 is 1.39 bits per heavy atom. The lowest BCUT2D eigenvalue weighted by atomic mass is 10.2. The first-order valence-corrected chi connectivity index (χ1v) is 5.55. The molecule has 0 unspecified atom stereocenters.